The molecule has 4 rings (SSSR count). The topological polar surface area (TPSA) is 101 Å². The molecule has 8 nitrogen and oxygen atoms in total. The van der Waals surface area contributed by atoms with Crippen molar-refractivity contribution in [2.75, 3.05) is 20.7 Å². The van der Waals surface area contributed by atoms with Crippen molar-refractivity contribution < 1.29 is 19.1 Å². The van der Waals surface area contributed by atoms with E-state index in [1.165, 1.54) is 11.3 Å². The van der Waals surface area contributed by atoms with E-state index in [1.807, 2.05) is 66.9 Å². The van der Waals surface area contributed by atoms with Crippen LogP contribution in [0.5, 0.6) is 5.75 Å². The van der Waals surface area contributed by atoms with Crippen molar-refractivity contribution in [1.29, 1.82) is 0 Å². The predicted octanol–water partition coefficient (Wildman–Crippen LogP) is 4.43. The number of Topliss-reactive ketones (excluding diaryl/α,β-unsaturated/α-hetero) is 1. The smallest absolute Gasteiger partial charge is 0.253 e. The van der Waals surface area contributed by atoms with E-state index in [0.29, 0.717) is 30.6 Å². The lowest BCUT2D eigenvalue weighted by molar-refractivity contribution is -0.120. The second-order valence-electron chi connectivity index (χ2n) is 9.76. The van der Waals surface area contributed by atoms with Crippen LogP contribution >= 0.6 is 11.3 Å². The van der Waals surface area contributed by atoms with Gasteiger partial charge in [-0.1, -0.05) is 48.5 Å². The second-order valence-corrected chi connectivity index (χ2v) is 10.7. The average Bonchev–Trinajstić information content (AvgIpc) is 3.41. The number of hydrogen-bond donors (Lipinski definition) is 2. The molecule has 212 valence electrons. The Kier molecular flexibility index (Phi) is 10.4. The SMILES string of the molecule is COc1cccc(CNCC(=O)[C@H](Cc2ccccc2)NC(=O)c2cccc(C(=O)N(C)Cc3nc(C)cs3)c2)c1. The Morgan fingerprint density at radius 3 is 2.41 bits per heavy atom. The number of nitrogens with zero attached hydrogens (tertiary/aromatic N) is 2. The Bertz CT molecular complexity index is 1490. The van der Waals surface area contributed by atoms with Crippen LogP contribution in [0.25, 0.3) is 0 Å². The van der Waals surface area contributed by atoms with Gasteiger partial charge in [-0.05, 0) is 54.8 Å². The largest absolute Gasteiger partial charge is 0.497 e. The fourth-order valence-corrected chi connectivity index (χ4v) is 5.16. The Balaban J connectivity index is 1.43. The fraction of sp³-hybridized carbons (Fsp3) is 0.250. The summed E-state index contributed by atoms with van der Waals surface area (Å²) in [5, 5.41) is 8.87. The number of aromatic nitrogens is 1. The third-order valence-corrected chi connectivity index (χ3v) is 7.45. The normalized spacial score (nSPS) is 11.5. The van der Waals surface area contributed by atoms with Crippen molar-refractivity contribution in [3.05, 3.63) is 117 Å². The Hall–Kier alpha value is -4.34. The van der Waals surface area contributed by atoms with Gasteiger partial charge in [-0.25, -0.2) is 4.98 Å². The van der Waals surface area contributed by atoms with Crippen molar-refractivity contribution in [3.63, 3.8) is 0 Å². The molecular weight excluding hydrogens is 536 g/mol. The van der Waals surface area contributed by atoms with Crippen LogP contribution in [0.2, 0.25) is 0 Å². The van der Waals surface area contributed by atoms with Gasteiger partial charge in [-0.3, -0.25) is 14.4 Å². The minimum absolute atomic E-state index is 0.0779. The maximum absolute atomic E-state index is 13.3. The number of rotatable bonds is 13. The molecule has 3 aromatic carbocycles. The van der Waals surface area contributed by atoms with Gasteiger partial charge in [0.2, 0.25) is 0 Å². The summed E-state index contributed by atoms with van der Waals surface area (Å²) in [6.07, 6.45) is 0.348. The lowest BCUT2D eigenvalue weighted by Crippen LogP contribution is -2.45. The molecule has 2 N–H and O–H groups in total. The molecule has 0 unspecified atom stereocenters. The molecule has 41 heavy (non-hydrogen) atoms. The highest BCUT2D eigenvalue weighted by Gasteiger charge is 2.23. The number of carbonyl (C=O) groups excluding carboxylic acids is 3. The lowest BCUT2D eigenvalue weighted by atomic mass is 10.0. The minimum Gasteiger partial charge on any atom is -0.497 e. The number of ether oxygens (including phenoxy) is 1. The molecule has 0 fully saturated rings. The van der Waals surface area contributed by atoms with Gasteiger partial charge in [0.05, 0.1) is 26.2 Å². The fourth-order valence-electron chi connectivity index (χ4n) is 4.34. The number of hydrogen-bond acceptors (Lipinski definition) is 7. The summed E-state index contributed by atoms with van der Waals surface area (Å²) in [4.78, 5) is 45.7. The minimum atomic E-state index is -0.752. The van der Waals surface area contributed by atoms with Crippen LogP contribution in [-0.2, 0) is 24.3 Å². The molecule has 0 aliphatic carbocycles. The van der Waals surface area contributed by atoms with Crippen LogP contribution in [0.1, 0.15) is 42.5 Å². The van der Waals surface area contributed by atoms with Gasteiger partial charge in [0.25, 0.3) is 11.8 Å². The average molecular weight is 571 g/mol. The number of carbonyl (C=O) groups is 3. The third-order valence-electron chi connectivity index (χ3n) is 6.50. The molecule has 1 heterocycles. The number of methoxy groups -OCH3 is 1. The van der Waals surface area contributed by atoms with Gasteiger partial charge >= 0.3 is 0 Å². The van der Waals surface area contributed by atoms with Crippen molar-refractivity contribution in [2.24, 2.45) is 0 Å². The molecule has 0 aliphatic heterocycles. The molecule has 0 bridgehead atoms. The molecule has 4 aromatic rings. The molecule has 2 amide bonds. The van der Waals surface area contributed by atoms with Crippen molar-refractivity contribution in [1.82, 2.24) is 20.5 Å². The molecule has 0 saturated carbocycles. The highest BCUT2D eigenvalue weighted by molar-refractivity contribution is 7.09. The number of benzene rings is 3. The Morgan fingerprint density at radius 1 is 0.951 bits per heavy atom. The van der Waals surface area contributed by atoms with E-state index in [-0.39, 0.29) is 18.2 Å². The molecule has 0 aliphatic rings. The molecular formula is C32H34N4O4S. The predicted molar refractivity (Wildman–Crippen MR) is 160 cm³/mol. The van der Waals surface area contributed by atoms with Crippen LogP contribution in [0.15, 0.2) is 84.2 Å². The van der Waals surface area contributed by atoms with Gasteiger partial charge in [0, 0.05) is 35.8 Å². The second kappa shape index (κ2) is 14.3. The van der Waals surface area contributed by atoms with Gasteiger partial charge in [0.1, 0.15) is 10.8 Å². The molecule has 1 atom stereocenters. The van der Waals surface area contributed by atoms with E-state index in [2.05, 4.69) is 15.6 Å². The van der Waals surface area contributed by atoms with Gasteiger partial charge in [-0.2, -0.15) is 0 Å². The Labute approximate surface area is 244 Å². The zero-order valence-electron chi connectivity index (χ0n) is 23.4. The summed E-state index contributed by atoms with van der Waals surface area (Å²) in [6, 6.07) is 23.0. The lowest BCUT2D eigenvalue weighted by Gasteiger charge is -2.19. The van der Waals surface area contributed by atoms with E-state index in [4.69, 9.17) is 4.74 Å². The number of amides is 2. The third kappa shape index (κ3) is 8.57. The quantitative estimate of drug-likeness (QED) is 0.247. The Morgan fingerprint density at radius 2 is 1.68 bits per heavy atom. The van der Waals surface area contributed by atoms with E-state index < -0.39 is 11.9 Å². The maximum atomic E-state index is 13.3. The highest BCUT2D eigenvalue weighted by atomic mass is 32.1. The van der Waals surface area contributed by atoms with Crippen LogP contribution in [-0.4, -0.2) is 54.2 Å². The molecule has 0 saturated heterocycles. The first-order valence-corrected chi connectivity index (χ1v) is 14.2. The summed E-state index contributed by atoms with van der Waals surface area (Å²) in [6.45, 7) is 2.85. The molecule has 0 radical (unpaired) electrons. The van der Waals surface area contributed by atoms with Crippen LogP contribution in [0.4, 0.5) is 0 Å². The summed E-state index contributed by atoms with van der Waals surface area (Å²) in [5.74, 6) is -0.0306. The van der Waals surface area contributed by atoms with Crippen molar-refractivity contribution in [3.8, 4) is 5.75 Å². The van der Waals surface area contributed by atoms with Crippen LogP contribution in [0.3, 0.4) is 0 Å². The number of ketones is 1. The van der Waals surface area contributed by atoms with Crippen molar-refractivity contribution in [2.45, 2.75) is 32.5 Å². The van der Waals surface area contributed by atoms with Crippen molar-refractivity contribution >= 4 is 28.9 Å². The molecule has 1 aromatic heterocycles. The summed E-state index contributed by atoms with van der Waals surface area (Å²) in [5.41, 5.74) is 3.53. The first kappa shape index (κ1) is 29.6. The standard InChI is InChI=1S/C32H34N4O4S/c1-22-21-41-30(34-22)20-36(2)32(39)26-13-8-12-25(17-26)31(38)35-28(16-23-9-5-4-6-10-23)29(37)19-33-18-24-11-7-14-27(15-24)40-3/h4-15,17,21,28,33H,16,18-20H2,1-3H3,(H,35,38)/t28-/m0/s1. The summed E-state index contributed by atoms with van der Waals surface area (Å²) >= 11 is 1.50. The first-order chi connectivity index (χ1) is 19.8. The zero-order chi connectivity index (χ0) is 29.2. The highest BCUT2D eigenvalue weighted by Crippen LogP contribution is 2.15. The zero-order valence-corrected chi connectivity index (χ0v) is 24.2. The van der Waals surface area contributed by atoms with Crippen LogP contribution < -0.4 is 15.4 Å². The van der Waals surface area contributed by atoms with Gasteiger partial charge < -0.3 is 20.3 Å². The summed E-state index contributed by atoms with van der Waals surface area (Å²) in [7, 11) is 3.32. The number of nitrogens with one attached hydrogen (secondary N) is 2. The number of thiazole rings is 1. The van der Waals surface area contributed by atoms with E-state index in [1.54, 1.807) is 43.3 Å². The monoisotopic (exact) mass is 570 g/mol. The van der Waals surface area contributed by atoms with E-state index >= 15 is 0 Å². The van der Waals surface area contributed by atoms with E-state index in [0.717, 1.165) is 27.6 Å². The first-order valence-electron chi connectivity index (χ1n) is 13.3. The molecule has 9 heteroatoms. The summed E-state index contributed by atoms with van der Waals surface area (Å²) < 4.78 is 5.27. The van der Waals surface area contributed by atoms with Gasteiger partial charge in [0.15, 0.2) is 5.78 Å². The molecule has 0 spiro atoms. The van der Waals surface area contributed by atoms with Crippen LogP contribution in [0, 0.1) is 6.92 Å². The number of aryl methyl sites for hydroxylation is 1. The maximum Gasteiger partial charge on any atom is 0.253 e. The van der Waals surface area contributed by atoms with E-state index in [9.17, 15) is 14.4 Å². The van der Waals surface area contributed by atoms with Gasteiger partial charge in [-0.15, -0.1) is 11.3 Å².